The molecule has 0 spiro atoms. The third-order valence-corrected chi connectivity index (χ3v) is 2.88. The zero-order chi connectivity index (χ0) is 13.5. The van der Waals surface area contributed by atoms with E-state index < -0.39 is 0 Å². The second kappa shape index (κ2) is 6.63. The zero-order valence-corrected chi connectivity index (χ0v) is 11.1. The SMILES string of the molecule is CN(Cc1cccc(C#CCN)c1)c1ccccc1. The number of rotatable bonds is 3. The first kappa shape index (κ1) is 13.2. The van der Waals surface area contributed by atoms with Gasteiger partial charge >= 0.3 is 0 Å². The second-order valence-corrected chi connectivity index (χ2v) is 4.40. The summed E-state index contributed by atoms with van der Waals surface area (Å²) in [7, 11) is 2.09. The maximum Gasteiger partial charge on any atom is 0.0555 e. The first-order chi connectivity index (χ1) is 9.29. The van der Waals surface area contributed by atoms with Crippen LogP contribution in [-0.4, -0.2) is 13.6 Å². The number of nitrogens with zero attached hydrogens (tertiary/aromatic N) is 1. The van der Waals surface area contributed by atoms with Gasteiger partial charge in [0.25, 0.3) is 0 Å². The fraction of sp³-hybridized carbons (Fsp3) is 0.176. The van der Waals surface area contributed by atoms with E-state index in [1.807, 2.05) is 18.2 Å². The number of hydrogen-bond acceptors (Lipinski definition) is 2. The lowest BCUT2D eigenvalue weighted by atomic mass is 10.1. The summed E-state index contributed by atoms with van der Waals surface area (Å²) in [5.41, 5.74) is 8.86. The van der Waals surface area contributed by atoms with Gasteiger partial charge in [0, 0.05) is 24.8 Å². The summed E-state index contributed by atoms with van der Waals surface area (Å²) in [5, 5.41) is 0. The summed E-state index contributed by atoms with van der Waals surface area (Å²) in [6, 6.07) is 18.6. The average Bonchev–Trinajstić information content (AvgIpc) is 2.46. The van der Waals surface area contributed by atoms with Crippen LogP contribution >= 0.6 is 0 Å². The van der Waals surface area contributed by atoms with E-state index in [1.165, 1.54) is 11.3 Å². The molecule has 2 aromatic rings. The lowest BCUT2D eigenvalue weighted by Gasteiger charge is -2.19. The molecule has 0 fully saturated rings. The minimum absolute atomic E-state index is 0.397. The molecule has 0 aliphatic rings. The number of benzene rings is 2. The van der Waals surface area contributed by atoms with E-state index >= 15 is 0 Å². The topological polar surface area (TPSA) is 29.3 Å². The lowest BCUT2D eigenvalue weighted by Crippen LogP contribution is -2.16. The molecular formula is C17H18N2. The molecule has 2 aromatic carbocycles. The summed E-state index contributed by atoms with van der Waals surface area (Å²) in [5.74, 6) is 5.95. The number of hydrogen-bond donors (Lipinski definition) is 1. The molecule has 2 nitrogen and oxygen atoms in total. The van der Waals surface area contributed by atoms with Crippen molar-refractivity contribution >= 4 is 5.69 Å². The first-order valence-corrected chi connectivity index (χ1v) is 6.33. The molecule has 0 aliphatic carbocycles. The van der Waals surface area contributed by atoms with Crippen molar-refractivity contribution in [1.29, 1.82) is 0 Å². The third kappa shape index (κ3) is 3.87. The molecule has 0 unspecified atom stereocenters. The normalized spacial score (nSPS) is 9.58. The van der Waals surface area contributed by atoms with Gasteiger partial charge in [0.1, 0.15) is 0 Å². The van der Waals surface area contributed by atoms with Gasteiger partial charge < -0.3 is 10.6 Å². The largest absolute Gasteiger partial charge is 0.370 e. The van der Waals surface area contributed by atoms with Gasteiger partial charge in [-0.25, -0.2) is 0 Å². The number of para-hydroxylation sites is 1. The molecule has 0 aliphatic heterocycles. The van der Waals surface area contributed by atoms with Crippen LogP contribution in [-0.2, 0) is 6.54 Å². The molecule has 0 aromatic heterocycles. The molecular weight excluding hydrogens is 232 g/mol. The Kier molecular flexibility index (Phi) is 4.60. The number of nitrogens with two attached hydrogens (primary N) is 1. The van der Waals surface area contributed by atoms with Gasteiger partial charge in [0.2, 0.25) is 0 Å². The van der Waals surface area contributed by atoms with Crippen molar-refractivity contribution in [2.24, 2.45) is 5.73 Å². The molecule has 0 bridgehead atoms. The zero-order valence-electron chi connectivity index (χ0n) is 11.1. The smallest absolute Gasteiger partial charge is 0.0555 e. The van der Waals surface area contributed by atoms with Gasteiger partial charge in [-0.2, -0.15) is 0 Å². The first-order valence-electron chi connectivity index (χ1n) is 6.33. The third-order valence-electron chi connectivity index (χ3n) is 2.88. The highest BCUT2D eigenvalue weighted by Gasteiger charge is 2.01. The van der Waals surface area contributed by atoms with Gasteiger partial charge in [-0.05, 0) is 29.8 Å². The van der Waals surface area contributed by atoms with E-state index in [0.717, 1.165) is 12.1 Å². The van der Waals surface area contributed by atoms with Crippen molar-refractivity contribution in [3.05, 3.63) is 65.7 Å². The lowest BCUT2D eigenvalue weighted by molar-refractivity contribution is 0.923. The Balaban J connectivity index is 2.11. The van der Waals surface area contributed by atoms with Crippen LogP contribution in [0.5, 0.6) is 0 Å². The predicted octanol–water partition coefficient (Wildman–Crippen LogP) is 2.63. The summed E-state index contributed by atoms with van der Waals surface area (Å²) >= 11 is 0. The molecule has 19 heavy (non-hydrogen) atoms. The van der Waals surface area contributed by atoms with Crippen molar-refractivity contribution in [2.75, 3.05) is 18.5 Å². The van der Waals surface area contributed by atoms with Gasteiger partial charge in [0.05, 0.1) is 6.54 Å². The Morgan fingerprint density at radius 1 is 1.05 bits per heavy atom. The molecule has 96 valence electrons. The highest BCUT2D eigenvalue weighted by atomic mass is 15.1. The summed E-state index contributed by atoms with van der Waals surface area (Å²) in [6.45, 7) is 1.26. The van der Waals surface area contributed by atoms with Crippen molar-refractivity contribution in [3.63, 3.8) is 0 Å². The molecule has 0 amide bonds. The predicted molar refractivity (Wildman–Crippen MR) is 80.9 cm³/mol. The van der Waals surface area contributed by atoms with E-state index in [9.17, 15) is 0 Å². The number of anilines is 1. The van der Waals surface area contributed by atoms with Crippen molar-refractivity contribution in [2.45, 2.75) is 6.54 Å². The van der Waals surface area contributed by atoms with Crippen molar-refractivity contribution < 1.29 is 0 Å². The van der Waals surface area contributed by atoms with Crippen LogP contribution < -0.4 is 10.6 Å². The molecule has 0 heterocycles. The Labute approximate surface area is 114 Å². The fourth-order valence-electron chi connectivity index (χ4n) is 1.95. The summed E-state index contributed by atoms with van der Waals surface area (Å²) in [6.07, 6.45) is 0. The van der Waals surface area contributed by atoms with Crippen LogP contribution in [0.3, 0.4) is 0 Å². The van der Waals surface area contributed by atoms with E-state index in [2.05, 4.69) is 60.2 Å². The second-order valence-electron chi connectivity index (χ2n) is 4.40. The monoisotopic (exact) mass is 250 g/mol. The maximum absolute atomic E-state index is 5.39. The Hall–Kier alpha value is -2.24. The molecule has 0 saturated carbocycles. The van der Waals surface area contributed by atoms with Crippen LogP contribution in [0.2, 0.25) is 0 Å². The molecule has 2 N–H and O–H groups in total. The average molecular weight is 250 g/mol. The Morgan fingerprint density at radius 2 is 1.84 bits per heavy atom. The van der Waals surface area contributed by atoms with Gasteiger partial charge in [-0.15, -0.1) is 0 Å². The minimum Gasteiger partial charge on any atom is -0.370 e. The molecule has 0 saturated heterocycles. The van der Waals surface area contributed by atoms with Gasteiger partial charge in [0.15, 0.2) is 0 Å². The summed E-state index contributed by atoms with van der Waals surface area (Å²) in [4.78, 5) is 2.22. The molecule has 2 rings (SSSR count). The van der Waals surface area contributed by atoms with Crippen LogP contribution in [0, 0.1) is 11.8 Å². The van der Waals surface area contributed by atoms with E-state index in [-0.39, 0.29) is 0 Å². The molecule has 2 heteroatoms. The minimum atomic E-state index is 0.397. The molecule has 0 atom stereocenters. The van der Waals surface area contributed by atoms with Crippen LogP contribution in [0.1, 0.15) is 11.1 Å². The standard InChI is InChI=1S/C17H18N2/c1-19(17-10-3-2-4-11-17)14-16-8-5-7-15(13-16)9-6-12-18/h2-5,7-8,10-11,13H,12,14,18H2,1H3. The van der Waals surface area contributed by atoms with E-state index in [0.29, 0.717) is 6.54 Å². The maximum atomic E-state index is 5.39. The highest BCUT2D eigenvalue weighted by Crippen LogP contribution is 2.15. The quantitative estimate of drug-likeness (QED) is 0.849. The van der Waals surface area contributed by atoms with Crippen LogP contribution in [0.4, 0.5) is 5.69 Å². The Bertz CT molecular complexity index is 579. The fourth-order valence-corrected chi connectivity index (χ4v) is 1.95. The van der Waals surface area contributed by atoms with E-state index in [1.54, 1.807) is 0 Å². The van der Waals surface area contributed by atoms with Crippen molar-refractivity contribution in [3.8, 4) is 11.8 Å². The molecule has 0 radical (unpaired) electrons. The Morgan fingerprint density at radius 3 is 2.58 bits per heavy atom. The van der Waals surface area contributed by atoms with Crippen LogP contribution in [0.25, 0.3) is 0 Å². The van der Waals surface area contributed by atoms with Crippen molar-refractivity contribution in [1.82, 2.24) is 0 Å². The highest BCUT2D eigenvalue weighted by molar-refractivity contribution is 5.46. The van der Waals surface area contributed by atoms with Crippen LogP contribution in [0.15, 0.2) is 54.6 Å². The summed E-state index contributed by atoms with van der Waals surface area (Å²) < 4.78 is 0. The van der Waals surface area contributed by atoms with Gasteiger partial charge in [-0.3, -0.25) is 0 Å². The van der Waals surface area contributed by atoms with E-state index in [4.69, 9.17) is 5.73 Å². The van der Waals surface area contributed by atoms with Gasteiger partial charge in [-0.1, -0.05) is 42.2 Å².